The molecule has 84 valence electrons. The van der Waals surface area contributed by atoms with Crippen LogP contribution in [0.5, 0.6) is 0 Å². The largest absolute Gasteiger partial charge is 0.478 e. The standard InChI is InChI=1S/C11H17NO3/c1-2-9-8-12(7-5-10(9)13)6-3-4-11(14)15/h3-4,9H,2,5-8H2,1H3,(H,14,15). The van der Waals surface area contributed by atoms with Gasteiger partial charge in [0.15, 0.2) is 0 Å². The normalized spacial score (nSPS) is 23.5. The van der Waals surface area contributed by atoms with Crippen molar-refractivity contribution in [1.82, 2.24) is 4.90 Å². The summed E-state index contributed by atoms with van der Waals surface area (Å²) in [5.41, 5.74) is 0. The Morgan fingerprint density at radius 2 is 2.40 bits per heavy atom. The predicted octanol–water partition coefficient (Wildman–Crippen LogP) is 0.928. The maximum atomic E-state index is 11.4. The van der Waals surface area contributed by atoms with Gasteiger partial charge in [-0.1, -0.05) is 13.0 Å². The van der Waals surface area contributed by atoms with Gasteiger partial charge in [0.05, 0.1) is 0 Å². The molecule has 1 atom stereocenters. The van der Waals surface area contributed by atoms with Crippen LogP contribution in [0.2, 0.25) is 0 Å². The molecule has 0 spiro atoms. The van der Waals surface area contributed by atoms with Crippen molar-refractivity contribution >= 4 is 11.8 Å². The lowest BCUT2D eigenvalue weighted by Gasteiger charge is -2.30. The van der Waals surface area contributed by atoms with E-state index in [1.54, 1.807) is 6.08 Å². The Morgan fingerprint density at radius 3 is 3.00 bits per heavy atom. The van der Waals surface area contributed by atoms with Crippen molar-refractivity contribution in [2.75, 3.05) is 19.6 Å². The highest BCUT2D eigenvalue weighted by atomic mass is 16.4. The first-order chi connectivity index (χ1) is 7.13. The monoisotopic (exact) mass is 211 g/mol. The van der Waals surface area contributed by atoms with E-state index >= 15 is 0 Å². The third-order valence-corrected chi connectivity index (χ3v) is 2.73. The van der Waals surface area contributed by atoms with Gasteiger partial charge in [0.1, 0.15) is 5.78 Å². The molecule has 1 rings (SSSR count). The van der Waals surface area contributed by atoms with E-state index < -0.39 is 5.97 Å². The average Bonchev–Trinajstić information content (AvgIpc) is 2.20. The maximum absolute atomic E-state index is 11.4. The number of nitrogens with zero attached hydrogens (tertiary/aromatic N) is 1. The van der Waals surface area contributed by atoms with Crippen LogP contribution in [-0.2, 0) is 9.59 Å². The third-order valence-electron chi connectivity index (χ3n) is 2.73. The molecular weight excluding hydrogens is 194 g/mol. The minimum atomic E-state index is -0.921. The van der Waals surface area contributed by atoms with Gasteiger partial charge in [-0.25, -0.2) is 4.79 Å². The summed E-state index contributed by atoms with van der Waals surface area (Å²) in [5, 5.41) is 8.42. The topological polar surface area (TPSA) is 57.6 Å². The zero-order chi connectivity index (χ0) is 11.3. The van der Waals surface area contributed by atoms with Crippen molar-refractivity contribution in [3.63, 3.8) is 0 Å². The molecule has 1 N–H and O–H groups in total. The first-order valence-corrected chi connectivity index (χ1v) is 5.28. The maximum Gasteiger partial charge on any atom is 0.328 e. The molecule has 1 heterocycles. The quantitative estimate of drug-likeness (QED) is 0.703. The van der Waals surface area contributed by atoms with E-state index in [1.165, 1.54) is 0 Å². The number of carbonyl (C=O) groups is 2. The molecule has 0 aromatic heterocycles. The Balaban J connectivity index is 2.38. The van der Waals surface area contributed by atoms with E-state index in [4.69, 9.17) is 5.11 Å². The number of carboxylic acids is 1. The molecule has 0 aromatic rings. The van der Waals surface area contributed by atoms with E-state index in [2.05, 4.69) is 4.90 Å². The van der Waals surface area contributed by atoms with Gasteiger partial charge < -0.3 is 5.11 Å². The summed E-state index contributed by atoms with van der Waals surface area (Å²) in [5.74, 6) is -0.442. The highest BCUT2D eigenvalue weighted by molar-refractivity contribution is 5.82. The number of carboxylic acid groups (broad SMARTS) is 1. The van der Waals surface area contributed by atoms with Crippen molar-refractivity contribution in [2.45, 2.75) is 19.8 Å². The van der Waals surface area contributed by atoms with Crippen molar-refractivity contribution in [3.05, 3.63) is 12.2 Å². The van der Waals surface area contributed by atoms with Crippen LogP contribution in [0.4, 0.5) is 0 Å². The molecule has 15 heavy (non-hydrogen) atoms. The molecule has 1 aliphatic rings. The summed E-state index contributed by atoms with van der Waals surface area (Å²) >= 11 is 0. The zero-order valence-electron chi connectivity index (χ0n) is 8.98. The minimum absolute atomic E-state index is 0.136. The molecule has 0 saturated carbocycles. The smallest absolute Gasteiger partial charge is 0.328 e. The molecule has 4 heteroatoms. The average molecular weight is 211 g/mol. The van der Waals surface area contributed by atoms with Crippen molar-refractivity contribution in [1.29, 1.82) is 0 Å². The van der Waals surface area contributed by atoms with Gasteiger partial charge in [-0.15, -0.1) is 0 Å². The molecule has 1 aliphatic heterocycles. The van der Waals surface area contributed by atoms with Crippen LogP contribution in [0.1, 0.15) is 19.8 Å². The van der Waals surface area contributed by atoms with Crippen LogP contribution >= 0.6 is 0 Å². The second-order valence-corrected chi connectivity index (χ2v) is 3.82. The van der Waals surface area contributed by atoms with Crippen LogP contribution in [0.3, 0.4) is 0 Å². The highest BCUT2D eigenvalue weighted by Gasteiger charge is 2.24. The molecule has 0 aliphatic carbocycles. The summed E-state index contributed by atoms with van der Waals surface area (Å²) in [6.45, 7) is 4.15. The second-order valence-electron chi connectivity index (χ2n) is 3.82. The molecule has 4 nitrogen and oxygen atoms in total. The molecule has 1 unspecified atom stereocenters. The van der Waals surface area contributed by atoms with Gasteiger partial charge in [0.2, 0.25) is 0 Å². The number of hydrogen-bond donors (Lipinski definition) is 1. The van der Waals surface area contributed by atoms with Crippen molar-refractivity contribution in [2.24, 2.45) is 5.92 Å². The summed E-state index contributed by atoms with van der Waals surface area (Å²) in [7, 11) is 0. The first kappa shape index (κ1) is 11.9. The van der Waals surface area contributed by atoms with Gasteiger partial charge in [-0.05, 0) is 6.42 Å². The van der Waals surface area contributed by atoms with Crippen molar-refractivity contribution in [3.8, 4) is 0 Å². The molecule has 0 amide bonds. The Labute approximate surface area is 89.6 Å². The SMILES string of the molecule is CCC1CN(CC=CC(=O)O)CCC1=O. The van der Waals surface area contributed by atoms with E-state index in [9.17, 15) is 9.59 Å². The van der Waals surface area contributed by atoms with Crippen LogP contribution in [-0.4, -0.2) is 41.4 Å². The lowest BCUT2D eigenvalue weighted by molar-refractivity contribution is -0.131. The number of likely N-dealkylation sites (tertiary alicyclic amines) is 1. The fourth-order valence-electron chi connectivity index (χ4n) is 1.80. The van der Waals surface area contributed by atoms with Gasteiger partial charge in [-0.3, -0.25) is 9.69 Å². The summed E-state index contributed by atoms with van der Waals surface area (Å²) in [4.78, 5) is 23.8. The lowest BCUT2D eigenvalue weighted by Crippen LogP contribution is -2.40. The molecule has 0 aromatic carbocycles. The summed E-state index contributed by atoms with van der Waals surface area (Å²) in [6, 6.07) is 0. The predicted molar refractivity (Wildman–Crippen MR) is 56.6 cm³/mol. The number of piperidine rings is 1. The number of hydrogen-bond acceptors (Lipinski definition) is 3. The van der Waals surface area contributed by atoms with Crippen LogP contribution in [0, 0.1) is 5.92 Å². The molecule has 0 bridgehead atoms. The van der Waals surface area contributed by atoms with E-state index in [-0.39, 0.29) is 5.92 Å². The van der Waals surface area contributed by atoms with Gasteiger partial charge in [0, 0.05) is 38.0 Å². The Kier molecular flexibility index (Phi) is 4.49. The Bertz CT molecular complexity index is 273. The Hall–Kier alpha value is -1.16. The molecule has 0 radical (unpaired) electrons. The number of Topliss-reactive ketones (excluding diaryl/α,β-unsaturated/α-hetero) is 1. The van der Waals surface area contributed by atoms with Crippen LogP contribution < -0.4 is 0 Å². The van der Waals surface area contributed by atoms with Gasteiger partial charge in [-0.2, -0.15) is 0 Å². The number of rotatable bonds is 4. The van der Waals surface area contributed by atoms with Crippen molar-refractivity contribution < 1.29 is 14.7 Å². The number of aliphatic carboxylic acids is 1. The summed E-state index contributed by atoms with van der Waals surface area (Å²) in [6.07, 6.45) is 4.25. The Morgan fingerprint density at radius 1 is 1.67 bits per heavy atom. The lowest BCUT2D eigenvalue weighted by atomic mass is 9.94. The van der Waals surface area contributed by atoms with Gasteiger partial charge >= 0.3 is 5.97 Å². The first-order valence-electron chi connectivity index (χ1n) is 5.28. The zero-order valence-corrected chi connectivity index (χ0v) is 8.98. The van der Waals surface area contributed by atoms with E-state index in [1.807, 2.05) is 6.92 Å². The molecule has 1 fully saturated rings. The minimum Gasteiger partial charge on any atom is -0.478 e. The van der Waals surface area contributed by atoms with E-state index in [0.717, 1.165) is 25.6 Å². The van der Waals surface area contributed by atoms with Crippen LogP contribution in [0.25, 0.3) is 0 Å². The fourth-order valence-corrected chi connectivity index (χ4v) is 1.80. The highest BCUT2D eigenvalue weighted by Crippen LogP contribution is 2.15. The summed E-state index contributed by atoms with van der Waals surface area (Å²) < 4.78 is 0. The van der Waals surface area contributed by atoms with Crippen LogP contribution in [0.15, 0.2) is 12.2 Å². The fraction of sp³-hybridized carbons (Fsp3) is 0.636. The second kappa shape index (κ2) is 5.66. The number of carbonyl (C=O) groups excluding carboxylic acids is 1. The van der Waals surface area contributed by atoms with E-state index in [0.29, 0.717) is 18.7 Å². The molecular formula is C11H17NO3. The third kappa shape index (κ3) is 3.83. The number of ketones is 1. The van der Waals surface area contributed by atoms with Gasteiger partial charge in [0.25, 0.3) is 0 Å². The molecule has 1 saturated heterocycles.